The molecule has 3 heteroatoms. The van der Waals surface area contributed by atoms with Gasteiger partial charge in [-0.3, -0.25) is 0 Å². The molecule has 0 bridgehead atoms. The molecular weight excluding hydrogens is 232 g/mol. The second-order valence-electron chi connectivity index (χ2n) is 5.80. The van der Waals surface area contributed by atoms with Gasteiger partial charge in [-0.15, -0.1) is 0 Å². The summed E-state index contributed by atoms with van der Waals surface area (Å²) >= 11 is 0. The highest BCUT2D eigenvalue weighted by Gasteiger charge is 2.49. The van der Waals surface area contributed by atoms with Crippen molar-refractivity contribution in [2.24, 2.45) is 11.1 Å². The predicted molar refractivity (Wildman–Crippen MR) is 72.1 cm³/mol. The average Bonchev–Trinajstić information content (AvgIpc) is 2.26. The van der Waals surface area contributed by atoms with Crippen LogP contribution in [0.5, 0.6) is 0 Å². The van der Waals surface area contributed by atoms with Crippen molar-refractivity contribution in [2.75, 3.05) is 6.54 Å². The Morgan fingerprint density at radius 3 is 1.72 bits per heavy atom. The zero-order chi connectivity index (χ0) is 14.3. The second-order valence-corrected chi connectivity index (χ2v) is 5.80. The smallest absolute Gasteiger partial charge is 0.279 e. The molecule has 0 aliphatic heterocycles. The van der Waals surface area contributed by atoms with Crippen molar-refractivity contribution < 1.29 is 8.78 Å². The molecular formula is C15H23F2N. The molecule has 1 nitrogen and oxygen atoms in total. The van der Waals surface area contributed by atoms with E-state index < -0.39 is 11.3 Å². The lowest BCUT2D eigenvalue weighted by Gasteiger charge is -2.36. The van der Waals surface area contributed by atoms with Crippen LogP contribution in [0.3, 0.4) is 0 Å². The van der Waals surface area contributed by atoms with Gasteiger partial charge in [-0.25, -0.2) is 8.78 Å². The van der Waals surface area contributed by atoms with E-state index in [4.69, 9.17) is 5.73 Å². The summed E-state index contributed by atoms with van der Waals surface area (Å²) in [4.78, 5) is 0. The Labute approximate surface area is 108 Å². The molecule has 102 valence electrons. The largest absolute Gasteiger partial charge is 0.330 e. The predicted octanol–water partition coefficient (Wildman–Crippen LogP) is 4.00. The Bertz CT molecular complexity index is 436. The molecule has 0 aromatic heterocycles. The third-order valence-electron chi connectivity index (χ3n) is 4.04. The molecule has 18 heavy (non-hydrogen) atoms. The zero-order valence-electron chi connectivity index (χ0n) is 12.1. The molecule has 1 aromatic carbocycles. The van der Waals surface area contributed by atoms with Gasteiger partial charge in [0.05, 0.1) is 0 Å². The second kappa shape index (κ2) is 4.61. The van der Waals surface area contributed by atoms with Crippen molar-refractivity contribution in [3.8, 4) is 0 Å². The first-order valence-electron chi connectivity index (χ1n) is 6.22. The monoisotopic (exact) mass is 255 g/mol. The summed E-state index contributed by atoms with van der Waals surface area (Å²) in [5.41, 5.74) is 7.58. The minimum absolute atomic E-state index is 0.0497. The first-order valence-corrected chi connectivity index (χ1v) is 6.22. The first-order chi connectivity index (χ1) is 8.06. The van der Waals surface area contributed by atoms with E-state index in [1.807, 2.05) is 19.9 Å². The minimum Gasteiger partial charge on any atom is -0.330 e. The van der Waals surface area contributed by atoms with Crippen molar-refractivity contribution >= 4 is 0 Å². The van der Waals surface area contributed by atoms with Crippen molar-refractivity contribution in [1.29, 1.82) is 0 Å². The topological polar surface area (TPSA) is 26.0 Å². The van der Waals surface area contributed by atoms with Crippen molar-refractivity contribution in [3.05, 3.63) is 33.9 Å². The molecule has 0 fully saturated rings. The van der Waals surface area contributed by atoms with Gasteiger partial charge in [0.15, 0.2) is 0 Å². The van der Waals surface area contributed by atoms with Crippen LogP contribution < -0.4 is 5.73 Å². The van der Waals surface area contributed by atoms with Crippen molar-refractivity contribution in [2.45, 2.75) is 47.5 Å². The van der Waals surface area contributed by atoms with Gasteiger partial charge in [-0.1, -0.05) is 19.9 Å². The minimum atomic E-state index is -2.92. The van der Waals surface area contributed by atoms with Crippen molar-refractivity contribution in [1.82, 2.24) is 0 Å². The Balaban J connectivity index is 3.60. The van der Waals surface area contributed by atoms with Gasteiger partial charge in [-0.05, 0) is 49.9 Å². The summed E-state index contributed by atoms with van der Waals surface area (Å²) in [7, 11) is 0. The van der Waals surface area contributed by atoms with Crippen LogP contribution in [-0.2, 0) is 5.92 Å². The molecule has 0 atom stereocenters. The maximum atomic E-state index is 14.7. The zero-order valence-corrected chi connectivity index (χ0v) is 12.1. The summed E-state index contributed by atoms with van der Waals surface area (Å²) < 4.78 is 29.5. The SMILES string of the molecule is Cc1cc(C)c(C)c(C(F)(F)C(C)(C)CN)c1C. The Hall–Kier alpha value is -0.960. The number of halogens is 2. The molecule has 0 aliphatic rings. The number of hydrogen-bond donors (Lipinski definition) is 1. The van der Waals surface area contributed by atoms with Gasteiger partial charge in [0.25, 0.3) is 5.92 Å². The van der Waals surface area contributed by atoms with Gasteiger partial charge in [-0.2, -0.15) is 0 Å². The fourth-order valence-corrected chi connectivity index (χ4v) is 2.15. The molecule has 1 rings (SSSR count). The van der Waals surface area contributed by atoms with E-state index in [0.29, 0.717) is 11.1 Å². The number of hydrogen-bond acceptors (Lipinski definition) is 1. The highest BCUT2D eigenvalue weighted by atomic mass is 19.3. The van der Waals surface area contributed by atoms with E-state index in [9.17, 15) is 8.78 Å². The third-order valence-corrected chi connectivity index (χ3v) is 4.04. The Morgan fingerprint density at radius 1 is 1.00 bits per heavy atom. The maximum absolute atomic E-state index is 14.7. The van der Waals surface area contributed by atoms with E-state index in [0.717, 1.165) is 11.1 Å². The molecule has 0 saturated carbocycles. The Morgan fingerprint density at radius 2 is 1.39 bits per heavy atom. The summed E-state index contributed by atoms with van der Waals surface area (Å²) in [5.74, 6) is -2.92. The summed E-state index contributed by atoms with van der Waals surface area (Å²) in [6.07, 6.45) is 0. The molecule has 0 aliphatic carbocycles. The van der Waals surface area contributed by atoms with Gasteiger partial charge < -0.3 is 5.73 Å². The van der Waals surface area contributed by atoms with Crippen LogP contribution in [0, 0.1) is 33.1 Å². The van der Waals surface area contributed by atoms with Crippen LogP contribution >= 0.6 is 0 Å². The van der Waals surface area contributed by atoms with Gasteiger partial charge in [0.1, 0.15) is 0 Å². The molecule has 0 unspecified atom stereocenters. The van der Waals surface area contributed by atoms with E-state index in [1.165, 1.54) is 13.8 Å². The summed E-state index contributed by atoms with van der Waals surface area (Å²) in [5, 5.41) is 0. The Kier molecular flexibility index (Phi) is 3.87. The van der Waals surface area contributed by atoms with E-state index in [1.54, 1.807) is 13.8 Å². The fourth-order valence-electron chi connectivity index (χ4n) is 2.15. The number of benzene rings is 1. The van der Waals surface area contributed by atoms with E-state index in [-0.39, 0.29) is 12.1 Å². The molecule has 0 spiro atoms. The maximum Gasteiger partial charge on any atom is 0.279 e. The molecule has 0 amide bonds. The summed E-state index contributed by atoms with van der Waals surface area (Å²) in [6.45, 7) is 10.3. The number of rotatable bonds is 3. The van der Waals surface area contributed by atoms with Crippen LogP contribution in [0.4, 0.5) is 8.78 Å². The lowest BCUT2D eigenvalue weighted by molar-refractivity contribution is -0.109. The quantitative estimate of drug-likeness (QED) is 0.868. The van der Waals surface area contributed by atoms with Crippen LogP contribution in [0.25, 0.3) is 0 Å². The fraction of sp³-hybridized carbons (Fsp3) is 0.600. The number of alkyl halides is 2. The molecule has 2 N–H and O–H groups in total. The van der Waals surface area contributed by atoms with Crippen LogP contribution in [-0.4, -0.2) is 6.54 Å². The molecule has 0 heterocycles. The van der Waals surface area contributed by atoms with E-state index in [2.05, 4.69) is 0 Å². The van der Waals surface area contributed by atoms with Crippen LogP contribution in [0.2, 0.25) is 0 Å². The number of nitrogens with two attached hydrogens (primary N) is 1. The first kappa shape index (κ1) is 15.1. The third kappa shape index (κ3) is 2.16. The van der Waals surface area contributed by atoms with Gasteiger partial charge in [0, 0.05) is 17.5 Å². The molecule has 1 aromatic rings. The highest BCUT2D eigenvalue weighted by Crippen LogP contribution is 2.47. The van der Waals surface area contributed by atoms with Crippen molar-refractivity contribution in [3.63, 3.8) is 0 Å². The highest BCUT2D eigenvalue weighted by molar-refractivity contribution is 5.47. The lowest BCUT2D eigenvalue weighted by Crippen LogP contribution is -2.41. The summed E-state index contributed by atoms with van der Waals surface area (Å²) in [6, 6.07) is 1.96. The number of aryl methyl sites for hydroxylation is 2. The van der Waals surface area contributed by atoms with Crippen LogP contribution in [0.1, 0.15) is 41.7 Å². The normalized spacial score (nSPS) is 12.9. The molecule has 0 saturated heterocycles. The standard InChI is InChI=1S/C15H23F2N/c1-9-7-10(2)12(4)13(11(9)3)15(16,17)14(5,6)8-18/h7H,8,18H2,1-6H3. The lowest BCUT2D eigenvalue weighted by atomic mass is 9.77. The van der Waals surface area contributed by atoms with Gasteiger partial charge >= 0.3 is 0 Å². The van der Waals surface area contributed by atoms with Crippen LogP contribution in [0.15, 0.2) is 6.07 Å². The van der Waals surface area contributed by atoms with E-state index >= 15 is 0 Å². The molecule has 0 radical (unpaired) electrons. The van der Waals surface area contributed by atoms with Gasteiger partial charge in [0.2, 0.25) is 0 Å². The average molecular weight is 255 g/mol.